The summed E-state index contributed by atoms with van der Waals surface area (Å²) < 4.78 is 5.10. The molecule has 1 aliphatic heterocycles. The molecule has 2 amide bonds. The van der Waals surface area contributed by atoms with Crippen LogP contribution in [0.3, 0.4) is 0 Å². The number of rotatable bonds is 3. The molecule has 0 spiro atoms. The summed E-state index contributed by atoms with van der Waals surface area (Å²) in [5.74, 6) is -2.38. The first-order valence-corrected chi connectivity index (χ1v) is 6.25. The topological polar surface area (TPSA) is 123 Å². The van der Waals surface area contributed by atoms with Gasteiger partial charge in [0, 0.05) is 11.9 Å². The van der Waals surface area contributed by atoms with E-state index in [0.29, 0.717) is 6.61 Å². The molecule has 0 saturated carbocycles. The maximum Gasteiger partial charge on any atom is 0.355 e. The number of carbonyl (C=O) groups is 3. The molecule has 8 nitrogen and oxygen atoms in total. The SMILES string of the molecule is NC(=O)C1COCCN1C(=O)c1nc(C(=O)O)cs1. The highest BCUT2D eigenvalue weighted by molar-refractivity contribution is 7.11. The highest BCUT2D eigenvalue weighted by atomic mass is 32.1. The number of amides is 2. The summed E-state index contributed by atoms with van der Waals surface area (Å²) in [5.41, 5.74) is 5.01. The summed E-state index contributed by atoms with van der Waals surface area (Å²) in [4.78, 5) is 39.1. The van der Waals surface area contributed by atoms with Crippen LogP contribution in [-0.4, -0.2) is 58.6 Å². The number of carboxylic acids is 1. The molecule has 1 aromatic rings. The number of hydrogen-bond donors (Lipinski definition) is 2. The number of aromatic carboxylic acids is 1. The largest absolute Gasteiger partial charge is 0.476 e. The Bertz CT molecular complexity index is 529. The molecule has 0 aliphatic carbocycles. The van der Waals surface area contributed by atoms with Gasteiger partial charge in [-0.1, -0.05) is 0 Å². The van der Waals surface area contributed by atoms with Crippen molar-refractivity contribution in [3.8, 4) is 0 Å². The Kier molecular flexibility index (Phi) is 3.76. The fraction of sp³-hybridized carbons (Fsp3) is 0.400. The van der Waals surface area contributed by atoms with Crippen molar-refractivity contribution in [2.24, 2.45) is 5.73 Å². The van der Waals surface area contributed by atoms with Crippen LogP contribution in [0.2, 0.25) is 0 Å². The molecule has 1 fully saturated rings. The monoisotopic (exact) mass is 285 g/mol. The summed E-state index contributed by atoms with van der Waals surface area (Å²) in [5, 5.41) is 10.0. The van der Waals surface area contributed by atoms with Crippen molar-refractivity contribution >= 4 is 29.1 Å². The quantitative estimate of drug-likeness (QED) is 0.747. The third-order valence-corrected chi connectivity index (χ3v) is 3.45. The minimum absolute atomic E-state index is 0.0190. The summed E-state index contributed by atoms with van der Waals surface area (Å²) in [6.45, 7) is 0.555. The summed E-state index contributed by atoms with van der Waals surface area (Å²) in [6.07, 6.45) is 0. The third kappa shape index (κ3) is 2.71. The number of carboxylic acid groups (broad SMARTS) is 1. The first-order chi connectivity index (χ1) is 9.00. The Morgan fingerprint density at radius 2 is 2.26 bits per heavy atom. The van der Waals surface area contributed by atoms with Gasteiger partial charge in [-0.3, -0.25) is 9.59 Å². The van der Waals surface area contributed by atoms with Gasteiger partial charge in [-0.15, -0.1) is 11.3 Å². The van der Waals surface area contributed by atoms with Gasteiger partial charge in [-0.25, -0.2) is 9.78 Å². The van der Waals surface area contributed by atoms with E-state index in [-0.39, 0.29) is 23.9 Å². The van der Waals surface area contributed by atoms with E-state index in [0.717, 1.165) is 11.3 Å². The van der Waals surface area contributed by atoms with Gasteiger partial charge in [0.15, 0.2) is 10.7 Å². The molecule has 0 aromatic carbocycles. The highest BCUT2D eigenvalue weighted by Gasteiger charge is 2.33. The highest BCUT2D eigenvalue weighted by Crippen LogP contribution is 2.16. The molecular formula is C10H11N3O5S. The second kappa shape index (κ2) is 5.33. The van der Waals surface area contributed by atoms with Crippen LogP contribution < -0.4 is 5.73 Å². The van der Waals surface area contributed by atoms with Crippen LogP contribution in [-0.2, 0) is 9.53 Å². The van der Waals surface area contributed by atoms with Crippen LogP contribution in [0.1, 0.15) is 20.3 Å². The molecule has 2 rings (SSSR count). The second-order valence-electron chi connectivity index (χ2n) is 3.83. The number of nitrogens with two attached hydrogens (primary N) is 1. The molecule has 0 bridgehead atoms. The van der Waals surface area contributed by atoms with Crippen molar-refractivity contribution in [2.75, 3.05) is 19.8 Å². The van der Waals surface area contributed by atoms with Gasteiger partial charge in [-0.05, 0) is 0 Å². The maximum atomic E-state index is 12.2. The van der Waals surface area contributed by atoms with E-state index in [1.807, 2.05) is 0 Å². The van der Waals surface area contributed by atoms with E-state index < -0.39 is 23.8 Å². The van der Waals surface area contributed by atoms with Gasteiger partial charge < -0.3 is 20.5 Å². The molecule has 0 radical (unpaired) electrons. The number of morpholine rings is 1. The van der Waals surface area contributed by atoms with Gasteiger partial charge in [0.25, 0.3) is 5.91 Å². The minimum Gasteiger partial charge on any atom is -0.476 e. The van der Waals surface area contributed by atoms with Gasteiger partial charge in [0.1, 0.15) is 6.04 Å². The average molecular weight is 285 g/mol. The first kappa shape index (κ1) is 13.4. The van der Waals surface area contributed by atoms with Crippen LogP contribution in [0.4, 0.5) is 0 Å². The number of hydrogen-bond acceptors (Lipinski definition) is 6. The zero-order valence-electron chi connectivity index (χ0n) is 9.74. The van der Waals surface area contributed by atoms with Crippen LogP contribution in [0.5, 0.6) is 0 Å². The molecule has 3 N–H and O–H groups in total. The minimum atomic E-state index is -1.20. The van der Waals surface area contributed by atoms with Gasteiger partial charge in [0.05, 0.1) is 13.2 Å². The maximum absolute atomic E-state index is 12.2. The fourth-order valence-corrected chi connectivity index (χ4v) is 2.42. The summed E-state index contributed by atoms with van der Waals surface area (Å²) in [6, 6.07) is -0.849. The second-order valence-corrected chi connectivity index (χ2v) is 4.69. The lowest BCUT2D eigenvalue weighted by atomic mass is 10.2. The number of carbonyl (C=O) groups excluding carboxylic acids is 2. The molecule has 1 aliphatic rings. The third-order valence-electron chi connectivity index (χ3n) is 2.62. The Hall–Kier alpha value is -2.00. The predicted octanol–water partition coefficient (Wildman–Crippen LogP) is -0.832. The van der Waals surface area contributed by atoms with Gasteiger partial charge in [-0.2, -0.15) is 0 Å². The smallest absolute Gasteiger partial charge is 0.355 e. The van der Waals surface area contributed by atoms with E-state index in [1.165, 1.54) is 10.3 Å². The van der Waals surface area contributed by atoms with Crippen molar-refractivity contribution in [2.45, 2.75) is 6.04 Å². The molecule has 2 heterocycles. The lowest BCUT2D eigenvalue weighted by Gasteiger charge is -2.32. The Morgan fingerprint density at radius 1 is 1.53 bits per heavy atom. The number of ether oxygens (including phenoxy) is 1. The van der Waals surface area contributed by atoms with Gasteiger partial charge >= 0.3 is 5.97 Å². The first-order valence-electron chi connectivity index (χ1n) is 5.37. The Balaban J connectivity index is 2.21. The lowest BCUT2D eigenvalue weighted by Crippen LogP contribution is -2.54. The molecule has 1 saturated heterocycles. The lowest BCUT2D eigenvalue weighted by molar-refractivity contribution is -0.127. The van der Waals surface area contributed by atoms with Crippen molar-refractivity contribution in [1.29, 1.82) is 0 Å². The zero-order chi connectivity index (χ0) is 14.0. The molecular weight excluding hydrogens is 274 g/mol. The number of aromatic nitrogens is 1. The van der Waals surface area contributed by atoms with Crippen LogP contribution >= 0.6 is 11.3 Å². The zero-order valence-corrected chi connectivity index (χ0v) is 10.6. The molecule has 1 aromatic heterocycles. The van der Waals surface area contributed by atoms with Crippen LogP contribution in [0, 0.1) is 0 Å². The van der Waals surface area contributed by atoms with E-state index in [1.54, 1.807) is 0 Å². The molecule has 1 unspecified atom stereocenters. The van der Waals surface area contributed by atoms with Crippen LogP contribution in [0.15, 0.2) is 5.38 Å². The van der Waals surface area contributed by atoms with E-state index >= 15 is 0 Å². The molecule has 102 valence electrons. The molecule has 1 atom stereocenters. The Labute approximate surface area is 111 Å². The average Bonchev–Trinajstić information content (AvgIpc) is 2.87. The van der Waals surface area contributed by atoms with Crippen molar-refractivity contribution in [1.82, 2.24) is 9.88 Å². The normalized spacial score (nSPS) is 19.2. The van der Waals surface area contributed by atoms with Crippen molar-refractivity contribution in [3.05, 3.63) is 16.1 Å². The van der Waals surface area contributed by atoms with Crippen molar-refractivity contribution in [3.63, 3.8) is 0 Å². The van der Waals surface area contributed by atoms with E-state index in [4.69, 9.17) is 15.6 Å². The fourth-order valence-electron chi connectivity index (χ4n) is 1.68. The predicted molar refractivity (Wildman–Crippen MR) is 63.9 cm³/mol. The van der Waals surface area contributed by atoms with Gasteiger partial charge in [0.2, 0.25) is 5.91 Å². The van der Waals surface area contributed by atoms with E-state index in [2.05, 4.69) is 4.98 Å². The van der Waals surface area contributed by atoms with Crippen LogP contribution in [0.25, 0.3) is 0 Å². The summed E-state index contributed by atoms with van der Waals surface area (Å²) >= 11 is 0.917. The van der Waals surface area contributed by atoms with E-state index in [9.17, 15) is 14.4 Å². The standard InChI is InChI=1S/C10H11N3O5S/c11-7(14)6-3-18-2-1-13(6)9(15)8-12-5(4-19-8)10(16)17/h4,6H,1-3H2,(H2,11,14)(H,16,17). The van der Waals surface area contributed by atoms with Crippen molar-refractivity contribution < 1.29 is 24.2 Å². The number of primary amides is 1. The Morgan fingerprint density at radius 3 is 2.84 bits per heavy atom. The number of thiazole rings is 1. The molecule has 9 heteroatoms. The number of nitrogens with zero attached hydrogens (tertiary/aromatic N) is 2. The summed E-state index contributed by atoms with van der Waals surface area (Å²) in [7, 11) is 0. The molecule has 19 heavy (non-hydrogen) atoms.